The topological polar surface area (TPSA) is 298 Å². The Labute approximate surface area is 218 Å². The fourth-order valence-electron chi connectivity index (χ4n) is 3.83. The van der Waals surface area contributed by atoms with E-state index in [0.717, 1.165) is 13.3 Å². The number of nitrogens with two attached hydrogens (primary N) is 1. The van der Waals surface area contributed by atoms with Crippen LogP contribution in [0.1, 0.15) is 13.2 Å². The van der Waals surface area contributed by atoms with Crippen LogP contribution < -0.4 is 5.73 Å². The first-order valence-electron chi connectivity index (χ1n) is 11.0. The first-order valence-corrected chi connectivity index (χ1v) is 14.0. The second-order valence-corrected chi connectivity index (χ2v) is 11.4. The number of aliphatic hydroxyl groups is 4. The van der Waals surface area contributed by atoms with Gasteiger partial charge in [-0.15, -0.1) is 0 Å². The van der Waals surface area contributed by atoms with Gasteiger partial charge in [0.05, 0.1) is 19.5 Å². The summed E-state index contributed by atoms with van der Waals surface area (Å²) < 4.78 is 54.6. The zero-order valence-electron chi connectivity index (χ0n) is 19.8. The van der Waals surface area contributed by atoms with Gasteiger partial charge in [-0.05, 0) is 0 Å². The number of fused-ring (bicyclic) bond motifs is 1. The highest BCUT2D eigenvalue weighted by Gasteiger charge is 2.49. The van der Waals surface area contributed by atoms with E-state index in [1.165, 1.54) is 10.9 Å². The third-order valence-electron chi connectivity index (χ3n) is 5.62. The minimum Gasteiger partial charge on any atom is -0.455 e. The number of ether oxygens (including phenoxy) is 3. The van der Waals surface area contributed by atoms with Crippen LogP contribution in [0.25, 0.3) is 11.2 Å². The molecule has 2 aliphatic rings. The number of anilines is 1. The molecule has 22 heteroatoms. The lowest BCUT2D eigenvalue weighted by Crippen LogP contribution is -2.36. The van der Waals surface area contributed by atoms with Crippen molar-refractivity contribution >= 4 is 38.6 Å². The van der Waals surface area contributed by atoms with Crippen molar-refractivity contribution in [1.29, 1.82) is 0 Å². The maximum Gasteiger partial charge on any atom is 0.481 e. The number of aliphatic hydroxyl groups excluding tert-OH is 4. The molecular formula is C17H25N5O15P2. The number of hydrogen-bond donors (Lipinski definition) is 7. The molecule has 2 aromatic heterocycles. The van der Waals surface area contributed by atoms with Crippen molar-refractivity contribution in [1.82, 2.24) is 19.5 Å². The summed E-state index contributed by atoms with van der Waals surface area (Å²) in [7, 11) is -10.7. The Balaban J connectivity index is 1.40. The molecule has 8 N–H and O–H groups in total. The van der Waals surface area contributed by atoms with Crippen LogP contribution in [0.15, 0.2) is 12.7 Å². The van der Waals surface area contributed by atoms with Gasteiger partial charge >= 0.3 is 21.6 Å². The molecule has 2 saturated heterocycles. The number of carbonyl (C=O) groups is 1. The van der Waals surface area contributed by atoms with E-state index in [-0.39, 0.29) is 17.0 Å². The van der Waals surface area contributed by atoms with Crippen molar-refractivity contribution in [2.45, 2.75) is 56.1 Å². The second-order valence-electron chi connectivity index (χ2n) is 8.37. The van der Waals surface area contributed by atoms with Gasteiger partial charge < -0.3 is 50.2 Å². The molecule has 0 spiro atoms. The van der Waals surface area contributed by atoms with E-state index in [2.05, 4.69) is 23.8 Å². The molecule has 10 atom stereocenters. The molecule has 0 amide bonds. The van der Waals surface area contributed by atoms with Gasteiger partial charge in [0.1, 0.15) is 42.4 Å². The van der Waals surface area contributed by atoms with Gasteiger partial charge in [-0.2, -0.15) is 4.31 Å². The number of nitrogen functional groups attached to an aromatic ring is 1. The Kier molecular flexibility index (Phi) is 8.70. The van der Waals surface area contributed by atoms with Crippen LogP contribution in [0.2, 0.25) is 0 Å². The van der Waals surface area contributed by atoms with E-state index < -0.39 is 84.0 Å². The smallest absolute Gasteiger partial charge is 0.455 e. The van der Waals surface area contributed by atoms with Gasteiger partial charge in [0.2, 0.25) is 0 Å². The lowest BCUT2D eigenvalue weighted by Gasteiger charge is -2.21. The molecule has 4 rings (SSSR count). The lowest BCUT2D eigenvalue weighted by molar-refractivity contribution is -0.155. The number of nitrogens with zero attached hydrogens (tertiary/aromatic N) is 4. The van der Waals surface area contributed by atoms with Crippen molar-refractivity contribution in [2.75, 3.05) is 18.9 Å². The van der Waals surface area contributed by atoms with Crippen molar-refractivity contribution < 1.29 is 71.7 Å². The minimum absolute atomic E-state index is 0.0385. The highest BCUT2D eigenvalue weighted by molar-refractivity contribution is 7.61. The summed E-state index contributed by atoms with van der Waals surface area (Å²) in [6, 6.07) is 0. The third kappa shape index (κ3) is 6.60. The average molecular weight is 601 g/mol. The Morgan fingerprint density at radius 2 is 1.62 bits per heavy atom. The van der Waals surface area contributed by atoms with Crippen LogP contribution in [0.3, 0.4) is 0 Å². The molecule has 0 saturated carbocycles. The second kappa shape index (κ2) is 11.4. The molecule has 2 aromatic rings. The molecule has 2 fully saturated rings. The fourth-order valence-corrected chi connectivity index (χ4v) is 5.93. The van der Waals surface area contributed by atoms with Gasteiger partial charge in [-0.3, -0.25) is 18.4 Å². The number of rotatable bonds is 10. The molecule has 0 aromatic carbocycles. The maximum absolute atomic E-state index is 12.3. The summed E-state index contributed by atoms with van der Waals surface area (Å²) in [6.45, 7) is -0.757. The Morgan fingerprint density at radius 3 is 2.18 bits per heavy atom. The van der Waals surface area contributed by atoms with Gasteiger partial charge in [-0.1, -0.05) is 0 Å². The SMILES string of the molecule is CC(=O)O[C@@H]1[C@H](O)[C@@H](COP(=O)(O)OP(=O)(O)OC[C@H]2OC(O)[C@H](O)[C@@H]2O)O[C@H]1n1cnc2c(N)ncnc21. The zero-order chi connectivity index (χ0) is 28.7. The van der Waals surface area contributed by atoms with Crippen molar-refractivity contribution in [3.63, 3.8) is 0 Å². The Bertz CT molecular complexity index is 1300. The molecule has 0 radical (unpaired) electrons. The molecule has 3 unspecified atom stereocenters. The van der Waals surface area contributed by atoms with Crippen molar-refractivity contribution in [3.05, 3.63) is 12.7 Å². The number of imidazole rings is 1. The molecule has 2 aliphatic heterocycles. The molecular weight excluding hydrogens is 576 g/mol. The van der Waals surface area contributed by atoms with E-state index in [9.17, 15) is 44.1 Å². The number of hydrogen-bond acceptors (Lipinski definition) is 17. The monoisotopic (exact) mass is 601 g/mol. The van der Waals surface area contributed by atoms with Gasteiger partial charge in [0, 0.05) is 6.92 Å². The third-order valence-corrected chi connectivity index (χ3v) is 8.23. The standard InChI is InChI=1S/C17H25N5O15P2/c1-6(23)34-13-11(25)8(35-16(13)22-5-21-9-14(18)19-4-20-15(9)22)3-33-39(30,31)37-38(28,29)32-2-7-10(24)12(26)17(27)36-7/h4-5,7-8,10-13,16-17,24-27H,2-3H2,1H3,(H,28,29)(H,30,31)(H2,18,19,20)/t7-,8-,10-,11-,12-,13-,16-,17?/m1/s1. The highest BCUT2D eigenvalue weighted by atomic mass is 31.3. The van der Waals surface area contributed by atoms with Crippen molar-refractivity contribution in [3.8, 4) is 0 Å². The maximum atomic E-state index is 12.3. The molecule has 20 nitrogen and oxygen atoms in total. The largest absolute Gasteiger partial charge is 0.481 e. The molecule has 218 valence electrons. The zero-order valence-corrected chi connectivity index (χ0v) is 21.6. The van der Waals surface area contributed by atoms with E-state index >= 15 is 0 Å². The molecule has 0 aliphatic carbocycles. The normalized spacial score (nSPS) is 34.1. The molecule has 0 bridgehead atoms. The van der Waals surface area contributed by atoms with E-state index in [0.29, 0.717) is 0 Å². The number of phosphoric ester groups is 2. The van der Waals surface area contributed by atoms with Gasteiger partial charge in [-0.25, -0.2) is 24.1 Å². The van der Waals surface area contributed by atoms with E-state index in [4.69, 9.17) is 24.5 Å². The molecule has 4 heterocycles. The van der Waals surface area contributed by atoms with Crippen LogP contribution in [0.4, 0.5) is 5.82 Å². The summed E-state index contributed by atoms with van der Waals surface area (Å²) in [4.78, 5) is 43.3. The Hall–Kier alpha value is -2.16. The number of aromatic nitrogens is 4. The average Bonchev–Trinajstić information content (AvgIpc) is 3.47. The number of esters is 1. The highest BCUT2D eigenvalue weighted by Crippen LogP contribution is 2.60. The lowest BCUT2D eigenvalue weighted by atomic mass is 10.1. The first kappa shape index (κ1) is 29.8. The van der Waals surface area contributed by atoms with Gasteiger partial charge in [0.15, 0.2) is 30.1 Å². The van der Waals surface area contributed by atoms with Crippen LogP contribution >= 0.6 is 15.6 Å². The van der Waals surface area contributed by atoms with E-state index in [1.54, 1.807) is 0 Å². The summed E-state index contributed by atoms with van der Waals surface area (Å²) in [5.74, 6) is -0.754. The predicted octanol–water partition coefficient (Wildman–Crippen LogP) is -2.71. The molecule has 39 heavy (non-hydrogen) atoms. The van der Waals surface area contributed by atoms with Crippen LogP contribution in [0, 0.1) is 0 Å². The quantitative estimate of drug-likeness (QED) is 0.107. The van der Waals surface area contributed by atoms with Crippen LogP contribution in [0.5, 0.6) is 0 Å². The van der Waals surface area contributed by atoms with Crippen LogP contribution in [-0.4, -0.2) is 112 Å². The Morgan fingerprint density at radius 1 is 1.00 bits per heavy atom. The van der Waals surface area contributed by atoms with Gasteiger partial charge in [0.25, 0.3) is 0 Å². The van der Waals surface area contributed by atoms with E-state index in [1.807, 2.05) is 0 Å². The summed E-state index contributed by atoms with van der Waals surface area (Å²) in [5.41, 5.74) is 6.11. The van der Waals surface area contributed by atoms with Crippen molar-refractivity contribution in [2.24, 2.45) is 0 Å². The summed E-state index contributed by atoms with van der Waals surface area (Å²) in [5, 5.41) is 39.1. The predicted molar refractivity (Wildman–Crippen MR) is 121 cm³/mol. The summed E-state index contributed by atoms with van der Waals surface area (Å²) in [6.07, 6.45) is -9.99. The fraction of sp³-hybridized carbons (Fsp3) is 0.647. The number of carbonyl (C=O) groups excluding carboxylic acids is 1. The summed E-state index contributed by atoms with van der Waals surface area (Å²) >= 11 is 0. The minimum atomic E-state index is -5.36. The van der Waals surface area contributed by atoms with Crippen LogP contribution in [-0.2, 0) is 41.5 Å². The first-order chi connectivity index (χ1) is 18.2. The number of phosphoric acid groups is 2.